The third kappa shape index (κ3) is 7.99. The van der Waals surface area contributed by atoms with Gasteiger partial charge in [0.2, 0.25) is 5.91 Å². The van der Waals surface area contributed by atoms with E-state index in [4.69, 9.17) is 4.74 Å². The lowest BCUT2D eigenvalue weighted by atomic mass is 10.1. The Balaban J connectivity index is 2.17. The summed E-state index contributed by atoms with van der Waals surface area (Å²) >= 11 is 0. The van der Waals surface area contributed by atoms with Gasteiger partial charge >= 0.3 is 6.09 Å². The SMILES string of the molecule is Cc1cccc(C)c1NC(=O)CCCCCNC(=O)OC(C)(C)C. The Bertz CT molecular complexity index is 542. The molecule has 0 aromatic heterocycles. The average Bonchev–Trinajstić information content (AvgIpc) is 2.45. The maximum Gasteiger partial charge on any atom is 0.407 e. The fourth-order valence-electron chi connectivity index (χ4n) is 2.31. The summed E-state index contributed by atoms with van der Waals surface area (Å²) in [7, 11) is 0. The minimum atomic E-state index is -0.476. The number of alkyl carbamates (subject to hydrolysis) is 1. The van der Waals surface area contributed by atoms with Gasteiger partial charge in [-0.1, -0.05) is 24.6 Å². The van der Waals surface area contributed by atoms with Crippen LogP contribution in [-0.4, -0.2) is 24.1 Å². The average molecular weight is 334 g/mol. The minimum absolute atomic E-state index is 0.0347. The summed E-state index contributed by atoms with van der Waals surface area (Å²) in [5, 5.41) is 5.71. The van der Waals surface area contributed by atoms with Gasteiger partial charge in [0, 0.05) is 18.7 Å². The van der Waals surface area contributed by atoms with Gasteiger partial charge in [0.05, 0.1) is 0 Å². The number of benzene rings is 1. The Morgan fingerprint density at radius 3 is 2.25 bits per heavy atom. The van der Waals surface area contributed by atoms with E-state index in [9.17, 15) is 9.59 Å². The lowest BCUT2D eigenvalue weighted by Gasteiger charge is -2.19. The molecule has 0 bridgehead atoms. The van der Waals surface area contributed by atoms with Gasteiger partial charge in [0.1, 0.15) is 5.60 Å². The van der Waals surface area contributed by atoms with Gasteiger partial charge in [0.25, 0.3) is 0 Å². The topological polar surface area (TPSA) is 67.4 Å². The Labute approximate surface area is 145 Å². The van der Waals surface area contributed by atoms with Crippen LogP contribution in [0.5, 0.6) is 0 Å². The van der Waals surface area contributed by atoms with Crippen LogP contribution in [0.1, 0.15) is 57.6 Å². The number of carbonyl (C=O) groups excluding carboxylic acids is 2. The lowest BCUT2D eigenvalue weighted by molar-refractivity contribution is -0.116. The first-order valence-corrected chi connectivity index (χ1v) is 8.52. The third-order valence-corrected chi connectivity index (χ3v) is 3.49. The van der Waals surface area contributed by atoms with Gasteiger partial charge in [-0.2, -0.15) is 0 Å². The molecule has 134 valence electrons. The van der Waals surface area contributed by atoms with Crippen molar-refractivity contribution in [3.8, 4) is 0 Å². The molecule has 0 aliphatic carbocycles. The third-order valence-electron chi connectivity index (χ3n) is 3.49. The van der Waals surface area contributed by atoms with Crippen molar-refractivity contribution < 1.29 is 14.3 Å². The number of amides is 2. The smallest absolute Gasteiger partial charge is 0.407 e. The molecule has 24 heavy (non-hydrogen) atoms. The maximum atomic E-state index is 12.0. The number of aryl methyl sites for hydroxylation is 2. The zero-order valence-corrected chi connectivity index (χ0v) is 15.5. The first kappa shape index (κ1) is 20.0. The van der Waals surface area contributed by atoms with E-state index >= 15 is 0 Å². The Morgan fingerprint density at radius 1 is 1.04 bits per heavy atom. The summed E-state index contributed by atoms with van der Waals surface area (Å²) in [4.78, 5) is 23.5. The molecule has 0 saturated carbocycles. The van der Waals surface area contributed by atoms with Crippen molar-refractivity contribution in [3.63, 3.8) is 0 Å². The van der Waals surface area contributed by atoms with E-state index < -0.39 is 11.7 Å². The van der Waals surface area contributed by atoms with Crippen LogP contribution in [0.3, 0.4) is 0 Å². The molecule has 0 aliphatic heterocycles. The molecule has 2 N–H and O–H groups in total. The highest BCUT2D eigenvalue weighted by Gasteiger charge is 2.15. The molecule has 0 fully saturated rings. The van der Waals surface area contributed by atoms with Crippen LogP contribution in [0.2, 0.25) is 0 Å². The number of ether oxygens (including phenoxy) is 1. The monoisotopic (exact) mass is 334 g/mol. The van der Waals surface area contributed by atoms with Crippen molar-refractivity contribution >= 4 is 17.7 Å². The summed E-state index contributed by atoms with van der Waals surface area (Å²) in [6, 6.07) is 5.97. The molecular weight excluding hydrogens is 304 g/mol. The van der Waals surface area contributed by atoms with E-state index in [0.29, 0.717) is 13.0 Å². The Kier molecular flexibility index (Phi) is 7.75. The first-order chi connectivity index (χ1) is 11.2. The number of carbonyl (C=O) groups is 2. The Hall–Kier alpha value is -2.04. The molecule has 1 aromatic rings. The molecule has 0 unspecified atom stereocenters. The molecule has 0 heterocycles. The summed E-state index contributed by atoms with van der Waals surface area (Å²) in [6.07, 6.45) is 2.61. The molecule has 0 radical (unpaired) electrons. The predicted octanol–water partition coefficient (Wildman–Crippen LogP) is 4.33. The van der Waals surface area contributed by atoms with Crippen molar-refractivity contribution in [1.82, 2.24) is 5.32 Å². The van der Waals surface area contributed by atoms with Crippen molar-refractivity contribution in [3.05, 3.63) is 29.3 Å². The summed E-state index contributed by atoms with van der Waals surface area (Å²) in [5.41, 5.74) is 2.58. The Morgan fingerprint density at radius 2 is 1.67 bits per heavy atom. The summed E-state index contributed by atoms with van der Waals surface area (Å²) < 4.78 is 5.16. The molecule has 5 heteroatoms. The molecule has 1 rings (SSSR count). The van der Waals surface area contributed by atoms with E-state index in [1.165, 1.54) is 0 Å². The predicted molar refractivity (Wildman–Crippen MR) is 97.3 cm³/mol. The van der Waals surface area contributed by atoms with Gasteiger partial charge in [-0.3, -0.25) is 4.79 Å². The summed E-state index contributed by atoms with van der Waals surface area (Å²) in [6.45, 7) is 10.0. The number of hydrogen-bond donors (Lipinski definition) is 2. The number of hydrogen-bond acceptors (Lipinski definition) is 3. The number of para-hydroxylation sites is 1. The summed E-state index contributed by atoms with van der Waals surface area (Å²) in [5.74, 6) is 0.0347. The van der Waals surface area contributed by atoms with Crippen molar-refractivity contribution in [2.24, 2.45) is 0 Å². The van der Waals surface area contributed by atoms with Crippen LogP contribution < -0.4 is 10.6 Å². The van der Waals surface area contributed by atoms with Crippen LogP contribution in [0.25, 0.3) is 0 Å². The second-order valence-corrected chi connectivity index (χ2v) is 7.05. The molecule has 1 aromatic carbocycles. The van der Waals surface area contributed by atoms with Gasteiger partial charge in [-0.05, 0) is 58.6 Å². The van der Waals surface area contributed by atoms with Crippen molar-refractivity contribution in [2.75, 3.05) is 11.9 Å². The maximum absolute atomic E-state index is 12.0. The van der Waals surface area contributed by atoms with Gasteiger partial charge in [0.15, 0.2) is 0 Å². The largest absolute Gasteiger partial charge is 0.444 e. The molecule has 0 saturated heterocycles. The van der Waals surface area contributed by atoms with Crippen LogP contribution in [0.4, 0.5) is 10.5 Å². The fourth-order valence-corrected chi connectivity index (χ4v) is 2.31. The lowest BCUT2D eigenvalue weighted by Crippen LogP contribution is -2.33. The fraction of sp³-hybridized carbons (Fsp3) is 0.579. The minimum Gasteiger partial charge on any atom is -0.444 e. The quantitative estimate of drug-likeness (QED) is 0.729. The first-order valence-electron chi connectivity index (χ1n) is 8.52. The van der Waals surface area contributed by atoms with Gasteiger partial charge in [-0.15, -0.1) is 0 Å². The van der Waals surface area contributed by atoms with E-state index in [1.54, 1.807) is 0 Å². The van der Waals surface area contributed by atoms with E-state index in [-0.39, 0.29) is 5.91 Å². The van der Waals surface area contributed by atoms with Gasteiger partial charge in [-0.25, -0.2) is 4.79 Å². The number of unbranched alkanes of at least 4 members (excludes halogenated alkanes) is 2. The zero-order chi connectivity index (χ0) is 18.2. The van der Waals surface area contributed by atoms with Crippen LogP contribution >= 0.6 is 0 Å². The highest BCUT2D eigenvalue weighted by Crippen LogP contribution is 2.19. The van der Waals surface area contributed by atoms with E-state index in [0.717, 1.165) is 36.1 Å². The second kappa shape index (κ2) is 9.30. The standard InChI is InChI=1S/C19H30N2O3/c1-14-10-9-11-15(2)17(14)21-16(22)12-7-6-8-13-20-18(23)24-19(3,4)5/h9-11H,6-8,12-13H2,1-5H3,(H,20,23)(H,21,22). The highest BCUT2D eigenvalue weighted by atomic mass is 16.6. The van der Waals surface area contributed by atoms with E-state index in [2.05, 4.69) is 10.6 Å². The molecule has 5 nitrogen and oxygen atoms in total. The van der Waals surface area contributed by atoms with Crippen molar-refractivity contribution in [1.29, 1.82) is 0 Å². The molecule has 0 atom stereocenters. The van der Waals surface area contributed by atoms with Crippen LogP contribution in [0.15, 0.2) is 18.2 Å². The van der Waals surface area contributed by atoms with Crippen LogP contribution in [-0.2, 0) is 9.53 Å². The number of anilines is 1. The number of rotatable bonds is 7. The molecule has 0 aliphatic rings. The second-order valence-electron chi connectivity index (χ2n) is 7.05. The molecule has 0 spiro atoms. The van der Waals surface area contributed by atoms with Crippen molar-refractivity contribution in [2.45, 2.75) is 65.9 Å². The number of nitrogens with one attached hydrogen (secondary N) is 2. The zero-order valence-electron chi connectivity index (χ0n) is 15.5. The van der Waals surface area contributed by atoms with Gasteiger partial charge < -0.3 is 15.4 Å². The highest BCUT2D eigenvalue weighted by molar-refractivity contribution is 5.92. The molecular formula is C19H30N2O3. The van der Waals surface area contributed by atoms with E-state index in [1.807, 2.05) is 52.8 Å². The molecule has 2 amide bonds. The van der Waals surface area contributed by atoms with Crippen LogP contribution in [0, 0.1) is 13.8 Å². The normalized spacial score (nSPS) is 11.0.